The molecule has 2 aliphatic heterocycles. The lowest BCUT2D eigenvalue weighted by Gasteiger charge is -2.31. The minimum atomic E-state index is -0.302. The Hall–Kier alpha value is -2.83. The second-order valence-electron chi connectivity index (χ2n) is 8.81. The monoisotopic (exact) mass is 396 g/mol. The van der Waals surface area contributed by atoms with Crippen LogP contribution in [0.5, 0.6) is 5.75 Å². The van der Waals surface area contributed by atoms with Crippen LogP contribution in [0.15, 0.2) is 30.5 Å². The molecule has 1 atom stereocenters. The van der Waals surface area contributed by atoms with E-state index in [0.29, 0.717) is 19.6 Å². The Morgan fingerprint density at radius 1 is 1.21 bits per heavy atom. The van der Waals surface area contributed by atoms with Gasteiger partial charge in [0.25, 0.3) is 0 Å². The van der Waals surface area contributed by atoms with E-state index in [2.05, 4.69) is 30.6 Å². The Morgan fingerprint density at radius 2 is 1.93 bits per heavy atom. The van der Waals surface area contributed by atoms with E-state index in [4.69, 9.17) is 4.74 Å². The summed E-state index contributed by atoms with van der Waals surface area (Å²) in [5, 5.41) is 4.54. The van der Waals surface area contributed by atoms with Crippen molar-refractivity contribution in [2.45, 2.75) is 45.7 Å². The van der Waals surface area contributed by atoms with Gasteiger partial charge in [-0.15, -0.1) is 0 Å². The van der Waals surface area contributed by atoms with Gasteiger partial charge in [0.1, 0.15) is 5.75 Å². The molecule has 2 aliphatic rings. The van der Waals surface area contributed by atoms with Crippen molar-refractivity contribution in [3.63, 3.8) is 0 Å². The number of anilines is 1. The fourth-order valence-electron chi connectivity index (χ4n) is 4.24. The molecule has 0 radical (unpaired) electrons. The first-order chi connectivity index (χ1) is 13.8. The molecule has 154 valence electrons. The zero-order valence-electron chi connectivity index (χ0n) is 17.5. The molecule has 2 amide bonds. The van der Waals surface area contributed by atoms with E-state index in [0.717, 1.165) is 23.4 Å². The molecule has 1 saturated heterocycles. The lowest BCUT2D eigenvalue weighted by atomic mass is 10.0. The smallest absolute Gasteiger partial charge is 0.228 e. The molecule has 2 aromatic rings. The number of aromatic nitrogens is 2. The third kappa shape index (κ3) is 3.61. The molecule has 4 rings (SSSR count). The van der Waals surface area contributed by atoms with E-state index in [1.807, 2.05) is 35.4 Å². The zero-order valence-corrected chi connectivity index (χ0v) is 17.5. The van der Waals surface area contributed by atoms with Gasteiger partial charge >= 0.3 is 0 Å². The standard InChI is InChI=1S/C22H28N4O3/c1-22(2,3)26-19-9-10-24(13-16(19)12-23-26)21(28)15-11-20(27)25(14-15)17-5-7-18(29-4)8-6-17/h5-8,12,15H,9-11,13-14H2,1-4H3. The Balaban J connectivity index is 1.45. The highest BCUT2D eigenvalue weighted by atomic mass is 16.5. The second kappa shape index (κ2) is 7.21. The quantitative estimate of drug-likeness (QED) is 0.800. The van der Waals surface area contributed by atoms with Crippen LogP contribution < -0.4 is 9.64 Å². The minimum Gasteiger partial charge on any atom is -0.497 e. The topological polar surface area (TPSA) is 67.7 Å². The van der Waals surface area contributed by atoms with Gasteiger partial charge in [-0.05, 0) is 45.0 Å². The maximum atomic E-state index is 13.1. The molecule has 1 fully saturated rings. The predicted octanol–water partition coefficient (Wildman–Crippen LogP) is 2.58. The number of fused-ring (bicyclic) bond motifs is 1. The van der Waals surface area contributed by atoms with Gasteiger partial charge in [-0.1, -0.05) is 0 Å². The third-order valence-electron chi connectivity index (χ3n) is 5.74. The van der Waals surface area contributed by atoms with Crippen molar-refractivity contribution in [3.8, 4) is 5.75 Å². The van der Waals surface area contributed by atoms with Crippen molar-refractivity contribution in [2.24, 2.45) is 5.92 Å². The van der Waals surface area contributed by atoms with Crippen molar-refractivity contribution in [3.05, 3.63) is 41.7 Å². The van der Waals surface area contributed by atoms with Gasteiger partial charge in [-0.25, -0.2) is 0 Å². The number of carbonyl (C=O) groups excluding carboxylic acids is 2. The number of ether oxygens (including phenoxy) is 1. The Bertz CT molecular complexity index is 927. The van der Waals surface area contributed by atoms with Crippen LogP contribution in [0.4, 0.5) is 5.69 Å². The van der Waals surface area contributed by atoms with Gasteiger partial charge in [-0.2, -0.15) is 5.10 Å². The van der Waals surface area contributed by atoms with Crippen LogP contribution in [0, 0.1) is 5.92 Å². The van der Waals surface area contributed by atoms with E-state index in [1.165, 1.54) is 5.69 Å². The molecule has 0 N–H and O–H groups in total. The SMILES string of the molecule is COc1ccc(N2CC(C(=O)N3CCc4c(cnn4C(C)(C)C)C3)CC2=O)cc1. The Morgan fingerprint density at radius 3 is 2.59 bits per heavy atom. The maximum absolute atomic E-state index is 13.1. The number of nitrogens with zero attached hydrogens (tertiary/aromatic N) is 4. The van der Waals surface area contributed by atoms with Gasteiger partial charge in [-0.3, -0.25) is 14.3 Å². The summed E-state index contributed by atoms with van der Waals surface area (Å²) in [6, 6.07) is 7.38. The van der Waals surface area contributed by atoms with Crippen molar-refractivity contribution in [1.82, 2.24) is 14.7 Å². The average Bonchev–Trinajstić information content (AvgIpc) is 3.30. The summed E-state index contributed by atoms with van der Waals surface area (Å²) >= 11 is 0. The third-order valence-corrected chi connectivity index (χ3v) is 5.74. The molecule has 0 saturated carbocycles. The van der Waals surface area contributed by atoms with E-state index < -0.39 is 0 Å². The molecule has 1 aromatic heterocycles. The summed E-state index contributed by atoms with van der Waals surface area (Å²) in [5.74, 6) is 0.493. The highest BCUT2D eigenvalue weighted by molar-refractivity contribution is 6.00. The zero-order chi connectivity index (χ0) is 20.8. The summed E-state index contributed by atoms with van der Waals surface area (Å²) < 4.78 is 7.24. The van der Waals surface area contributed by atoms with E-state index in [9.17, 15) is 9.59 Å². The number of hydrogen-bond acceptors (Lipinski definition) is 4. The van der Waals surface area contributed by atoms with Crippen molar-refractivity contribution in [2.75, 3.05) is 25.1 Å². The minimum absolute atomic E-state index is 0.00762. The highest BCUT2D eigenvalue weighted by Crippen LogP contribution is 2.30. The molecule has 7 nitrogen and oxygen atoms in total. The number of benzene rings is 1. The first-order valence-corrected chi connectivity index (χ1v) is 10.1. The summed E-state index contributed by atoms with van der Waals surface area (Å²) in [7, 11) is 1.61. The number of rotatable bonds is 3. The van der Waals surface area contributed by atoms with Crippen molar-refractivity contribution >= 4 is 17.5 Å². The average molecular weight is 396 g/mol. The van der Waals surface area contributed by atoms with Crippen molar-refractivity contribution < 1.29 is 14.3 Å². The predicted molar refractivity (Wildman–Crippen MR) is 110 cm³/mol. The molecule has 1 unspecified atom stereocenters. The molecule has 1 aromatic carbocycles. The first-order valence-electron chi connectivity index (χ1n) is 10.1. The second-order valence-corrected chi connectivity index (χ2v) is 8.81. The van der Waals surface area contributed by atoms with Crippen LogP contribution in [-0.2, 0) is 28.1 Å². The van der Waals surface area contributed by atoms with E-state index >= 15 is 0 Å². The number of hydrogen-bond donors (Lipinski definition) is 0. The van der Waals surface area contributed by atoms with Gasteiger partial charge in [0.2, 0.25) is 11.8 Å². The van der Waals surface area contributed by atoms with Crippen LogP contribution in [0.2, 0.25) is 0 Å². The fraction of sp³-hybridized carbons (Fsp3) is 0.500. The molecule has 3 heterocycles. The summed E-state index contributed by atoms with van der Waals surface area (Å²) in [6.07, 6.45) is 2.93. The maximum Gasteiger partial charge on any atom is 0.228 e. The molecular formula is C22H28N4O3. The molecule has 29 heavy (non-hydrogen) atoms. The van der Waals surface area contributed by atoms with Gasteiger partial charge in [0.15, 0.2) is 0 Å². The molecule has 0 bridgehead atoms. The summed E-state index contributed by atoms with van der Waals surface area (Å²) in [6.45, 7) is 8.06. The fourth-order valence-corrected chi connectivity index (χ4v) is 4.24. The number of amides is 2. The lowest BCUT2D eigenvalue weighted by Crippen LogP contribution is -2.41. The van der Waals surface area contributed by atoms with Gasteiger partial charge in [0, 0.05) is 49.4 Å². The summed E-state index contributed by atoms with van der Waals surface area (Å²) in [4.78, 5) is 29.3. The molecule has 0 aliphatic carbocycles. The van der Waals surface area contributed by atoms with Crippen LogP contribution in [-0.4, -0.2) is 46.7 Å². The highest BCUT2D eigenvalue weighted by Gasteiger charge is 2.38. The van der Waals surface area contributed by atoms with E-state index in [-0.39, 0.29) is 29.7 Å². The number of methoxy groups -OCH3 is 1. The van der Waals surface area contributed by atoms with Crippen molar-refractivity contribution in [1.29, 1.82) is 0 Å². The van der Waals surface area contributed by atoms with Crippen LogP contribution in [0.1, 0.15) is 38.4 Å². The Labute approximate surface area is 171 Å². The van der Waals surface area contributed by atoms with E-state index in [1.54, 1.807) is 12.0 Å². The molecule has 7 heteroatoms. The van der Waals surface area contributed by atoms with Gasteiger partial charge < -0.3 is 14.5 Å². The summed E-state index contributed by atoms with van der Waals surface area (Å²) in [5.41, 5.74) is 3.05. The van der Waals surface area contributed by atoms with Crippen LogP contribution >= 0.6 is 0 Å². The Kier molecular flexibility index (Phi) is 4.84. The normalized spacial score (nSPS) is 19.4. The van der Waals surface area contributed by atoms with Gasteiger partial charge in [0.05, 0.1) is 24.8 Å². The molecular weight excluding hydrogens is 368 g/mol. The number of carbonyl (C=O) groups is 2. The van der Waals surface area contributed by atoms with Crippen LogP contribution in [0.3, 0.4) is 0 Å². The van der Waals surface area contributed by atoms with Crippen LogP contribution in [0.25, 0.3) is 0 Å². The largest absolute Gasteiger partial charge is 0.497 e. The first kappa shape index (κ1) is 19.5. The lowest BCUT2D eigenvalue weighted by molar-refractivity contribution is -0.136. The molecule has 0 spiro atoms.